The average Bonchev–Trinajstić information content (AvgIpc) is 2.39. The molecule has 0 spiro atoms. The van der Waals surface area contributed by atoms with Gasteiger partial charge in [-0.2, -0.15) is 5.26 Å². The standard InChI is InChI=1S/C14H11BrClN3/c15-14-11(16)2-1-3-13(14)19-10-4-5-12(18)9(8-10)6-7-17/h1-5,8,19H,6,18H2. The van der Waals surface area contributed by atoms with Crippen LogP contribution < -0.4 is 11.1 Å². The van der Waals surface area contributed by atoms with Gasteiger partial charge in [0.1, 0.15) is 0 Å². The number of rotatable bonds is 3. The fourth-order valence-electron chi connectivity index (χ4n) is 1.68. The summed E-state index contributed by atoms with van der Waals surface area (Å²) in [5, 5.41) is 12.6. The van der Waals surface area contributed by atoms with Crippen molar-refractivity contribution in [2.45, 2.75) is 6.42 Å². The summed E-state index contributed by atoms with van der Waals surface area (Å²) in [5.74, 6) is 0. The molecule has 0 unspecified atom stereocenters. The molecule has 0 amide bonds. The average molecular weight is 337 g/mol. The number of anilines is 3. The number of nitriles is 1. The number of nitrogens with zero attached hydrogens (tertiary/aromatic N) is 1. The minimum absolute atomic E-state index is 0.290. The molecule has 0 aliphatic heterocycles. The van der Waals surface area contributed by atoms with Crippen molar-refractivity contribution in [3.05, 3.63) is 51.5 Å². The van der Waals surface area contributed by atoms with Crippen LogP contribution in [0.5, 0.6) is 0 Å². The largest absolute Gasteiger partial charge is 0.398 e. The molecule has 0 bridgehead atoms. The smallest absolute Gasteiger partial charge is 0.0670 e. The maximum Gasteiger partial charge on any atom is 0.0670 e. The minimum atomic E-state index is 0.290. The number of nitrogens with one attached hydrogen (secondary N) is 1. The molecule has 3 nitrogen and oxygen atoms in total. The van der Waals surface area contributed by atoms with Crippen molar-refractivity contribution in [3.63, 3.8) is 0 Å². The van der Waals surface area contributed by atoms with Gasteiger partial charge in [-0.1, -0.05) is 17.7 Å². The lowest BCUT2D eigenvalue weighted by atomic mass is 10.1. The van der Waals surface area contributed by atoms with Crippen molar-refractivity contribution < 1.29 is 0 Å². The molecule has 3 N–H and O–H groups in total. The summed E-state index contributed by atoms with van der Waals surface area (Å²) >= 11 is 9.47. The molecule has 2 aromatic rings. The summed E-state index contributed by atoms with van der Waals surface area (Å²) < 4.78 is 0.801. The van der Waals surface area contributed by atoms with Crippen LogP contribution in [0.2, 0.25) is 5.02 Å². The lowest BCUT2D eigenvalue weighted by molar-refractivity contribution is 1.27. The highest BCUT2D eigenvalue weighted by Gasteiger charge is 2.05. The van der Waals surface area contributed by atoms with Crippen LogP contribution in [0.4, 0.5) is 17.1 Å². The summed E-state index contributed by atoms with van der Waals surface area (Å²) in [5.41, 5.74) is 8.97. The van der Waals surface area contributed by atoms with E-state index >= 15 is 0 Å². The second kappa shape index (κ2) is 5.96. The zero-order valence-corrected chi connectivity index (χ0v) is 12.3. The Bertz CT molecular complexity index is 650. The van der Waals surface area contributed by atoms with Gasteiger partial charge < -0.3 is 11.1 Å². The predicted octanol–water partition coefficient (Wildman–Crippen LogP) is 4.49. The van der Waals surface area contributed by atoms with E-state index in [0.29, 0.717) is 10.7 Å². The van der Waals surface area contributed by atoms with E-state index in [1.54, 1.807) is 12.1 Å². The van der Waals surface area contributed by atoms with E-state index < -0.39 is 0 Å². The molecule has 5 heteroatoms. The summed E-state index contributed by atoms with van der Waals surface area (Å²) in [6, 6.07) is 13.2. The Hall–Kier alpha value is -1.70. The van der Waals surface area contributed by atoms with E-state index in [0.717, 1.165) is 21.4 Å². The van der Waals surface area contributed by atoms with E-state index in [4.69, 9.17) is 22.6 Å². The molecule has 0 atom stereocenters. The maximum atomic E-state index is 8.75. The van der Waals surface area contributed by atoms with Crippen molar-refractivity contribution in [2.24, 2.45) is 0 Å². The Morgan fingerprint density at radius 1 is 1.32 bits per heavy atom. The van der Waals surface area contributed by atoms with Crippen LogP contribution in [0.15, 0.2) is 40.9 Å². The number of hydrogen-bond acceptors (Lipinski definition) is 3. The van der Waals surface area contributed by atoms with E-state index in [2.05, 4.69) is 27.3 Å². The third-order valence-electron chi connectivity index (χ3n) is 2.64. The molecular formula is C14H11BrClN3. The first kappa shape index (κ1) is 13.7. The molecular weight excluding hydrogens is 326 g/mol. The van der Waals surface area contributed by atoms with Gasteiger partial charge in [0.15, 0.2) is 0 Å². The molecule has 0 fully saturated rings. The number of nitrogens with two attached hydrogens (primary N) is 1. The van der Waals surface area contributed by atoms with Crippen LogP contribution in [0, 0.1) is 11.3 Å². The number of nitrogen functional groups attached to an aromatic ring is 1. The SMILES string of the molecule is N#CCc1cc(Nc2cccc(Cl)c2Br)ccc1N. The number of benzene rings is 2. The van der Waals surface area contributed by atoms with Crippen molar-refractivity contribution in [2.75, 3.05) is 11.1 Å². The first-order valence-electron chi connectivity index (χ1n) is 5.58. The van der Waals surface area contributed by atoms with E-state index in [1.807, 2.05) is 24.3 Å². The molecule has 19 heavy (non-hydrogen) atoms. The Balaban J connectivity index is 2.31. The summed E-state index contributed by atoms with van der Waals surface area (Å²) in [6.07, 6.45) is 0.290. The highest BCUT2D eigenvalue weighted by atomic mass is 79.9. The monoisotopic (exact) mass is 335 g/mol. The van der Waals surface area contributed by atoms with Gasteiger partial charge in [0, 0.05) is 11.4 Å². The second-order valence-corrected chi connectivity index (χ2v) is 5.18. The highest BCUT2D eigenvalue weighted by Crippen LogP contribution is 2.32. The zero-order chi connectivity index (χ0) is 13.8. The lowest BCUT2D eigenvalue weighted by Crippen LogP contribution is -1.97. The summed E-state index contributed by atoms with van der Waals surface area (Å²) in [4.78, 5) is 0. The van der Waals surface area contributed by atoms with Crippen molar-refractivity contribution in [3.8, 4) is 6.07 Å². The van der Waals surface area contributed by atoms with E-state index in [-0.39, 0.29) is 6.42 Å². The Morgan fingerprint density at radius 3 is 2.84 bits per heavy atom. The van der Waals surface area contributed by atoms with Crippen molar-refractivity contribution in [1.29, 1.82) is 5.26 Å². The van der Waals surface area contributed by atoms with Gasteiger partial charge in [-0.25, -0.2) is 0 Å². The molecule has 0 saturated carbocycles. The third-order valence-corrected chi connectivity index (χ3v) is 4.04. The van der Waals surface area contributed by atoms with Gasteiger partial charge in [-0.3, -0.25) is 0 Å². The molecule has 0 saturated heterocycles. The predicted molar refractivity (Wildman–Crippen MR) is 82.6 cm³/mol. The zero-order valence-electron chi connectivity index (χ0n) is 9.95. The van der Waals surface area contributed by atoms with E-state index in [9.17, 15) is 0 Å². The normalized spacial score (nSPS) is 9.95. The van der Waals surface area contributed by atoms with Crippen LogP contribution in [0.1, 0.15) is 5.56 Å². The van der Waals surface area contributed by atoms with Crippen LogP contribution >= 0.6 is 27.5 Å². The molecule has 0 radical (unpaired) electrons. The molecule has 2 rings (SSSR count). The molecule has 0 aromatic heterocycles. The van der Waals surface area contributed by atoms with Gasteiger partial charge >= 0.3 is 0 Å². The second-order valence-electron chi connectivity index (χ2n) is 3.97. The molecule has 0 aliphatic rings. The summed E-state index contributed by atoms with van der Waals surface area (Å²) in [6.45, 7) is 0. The number of hydrogen-bond donors (Lipinski definition) is 2. The molecule has 0 heterocycles. The van der Waals surface area contributed by atoms with Gasteiger partial charge in [0.2, 0.25) is 0 Å². The molecule has 0 aliphatic carbocycles. The number of halogens is 2. The van der Waals surface area contributed by atoms with Crippen LogP contribution in [0.25, 0.3) is 0 Å². The highest BCUT2D eigenvalue weighted by molar-refractivity contribution is 9.10. The first-order valence-corrected chi connectivity index (χ1v) is 6.75. The Labute approximate surface area is 125 Å². The van der Waals surface area contributed by atoms with E-state index in [1.165, 1.54) is 0 Å². The lowest BCUT2D eigenvalue weighted by Gasteiger charge is -2.11. The molecule has 2 aromatic carbocycles. The van der Waals surface area contributed by atoms with Gasteiger partial charge in [-0.05, 0) is 51.8 Å². The Morgan fingerprint density at radius 2 is 2.11 bits per heavy atom. The van der Waals surface area contributed by atoms with Crippen LogP contribution in [0.3, 0.4) is 0 Å². The first-order chi connectivity index (χ1) is 9.11. The minimum Gasteiger partial charge on any atom is -0.398 e. The summed E-state index contributed by atoms with van der Waals surface area (Å²) in [7, 11) is 0. The fourth-order valence-corrected chi connectivity index (χ4v) is 2.22. The van der Waals surface area contributed by atoms with Crippen molar-refractivity contribution in [1.82, 2.24) is 0 Å². The van der Waals surface area contributed by atoms with Crippen LogP contribution in [-0.2, 0) is 6.42 Å². The maximum absolute atomic E-state index is 8.75. The Kier molecular flexibility index (Phi) is 4.31. The third kappa shape index (κ3) is 3.19. The van der Waals surface area contributed by atoms with Crippen LogP contribution in [-0.4, -0.2) is 0 Å². The van der Waals surface area contributed by atoms with Gasteiger partial charge in [0.05, 0.1) is 27.7 Å². The van der Waals surface area contributed by atoms with Crippen molar-refractivity contribution >= 4 is 44.6 Å². The van der Waals surface area contributed by atoms with Gasteiger partial charge in [0.25, 0.3) is 0 Å². The molecule has 96 valence electrons. The fraction of sp³-hybridized carbons (Fsp3) is 0.0714. The topological polar surface area (TPSA) is 61.8 Å². The quantitative estimate of drug-likeness (QED) is 0.812. The van der Waals surface area contributed by atoms with Gasteiger partial charge in [-0.15, -0.1) is 0 Å².